The Kier molecular flexibility index (Phi) is 5.17. The maximum absolute atomic E-state index is 12.3. The molecule has 6 nitrogen and oxygen atoms in total. The van der Waals surface area contributed by atoms with Gasteiger partial charge in [0.15, 0.2) is 0 Å². The van der Waals surface area contributed by atoms with Crippen molar-refractivity contribution < 1.29 is 24.2 Å². The monoisotopic (exact) mass is 351 g/mol. The minimum Gasteiger partial charge on any atom is -0.480 e. The Morgan fingerprint density at radius 3 is 2.48 bits per heavy atom. The minimum atomic E-state index is -1.12. The topological polar surface area (TPSA) is 83.9 Å². The number of aliphatic carboxylic acids is 1. The number of rotatable bonds is 4. The lowest BCUT2D eigenvalue weighted by atomic mass is 10.1. The number of ether oxygens (including phenoxy) is 1. The second-order valence-electron chi connectivity index (χ2n) is 4.68. The van der Waals surface area contributed by atoms with Gasteiger partial charge in [-0.15, -0.1) is 0 Å². The van der Waals surface area contributed by atoms with Gasteiger partial charge in [0.2, 0.25) is 0 Å². The third-order valence-electron chi connectivity index (χ3n) is 3.20. The fraction of sp³-hybridized carbons (Fsp3) is 0.200. The third kappa shape index (κ3) is 3.59. The van der Waals surface area contributed by atoms with Gasteiger partial charge in [-0.3, -0.25) is 9.69 Å². The molecule has 0 radical (unpaired) electrons. The molecular formula is C15H13NO5S2. The number of esters is 1. The normalized spacial score (nSPS) is 17.5. The average molecular weight is 351 g/mol. The third-order valence-corrected chi connectivity index (χ3v) is 4.53. The number of carboxylic acid groups (broad SMARTS) is 1. The molecule has 0 aromatic heterocycles. The largest absolute Gasteiger partial charge is 0.480 e. The number of carboxylic acids is 1. The van der Waals surface area contributed by atoms with Crippen LogP contribution in [0.1, 0.15) is 22.8 Å². The van der Waals surface area contributed by atoms with Crippen molar-refractivity contribution in [1.29, 1.82) is 0 Å². The van der Waals surface area contributed by atoms with Crippen LogP contribution in [0.15, 0.2) is 29.2 Å². The molecule has 1 amide bonds. The zero-order chi connectivity index (χ0) is 17.1. The Bertz CT molecular complexity index is 711. The van der Waals surface area contributed by atoms with Crippen LogP contribution in [0.5, 0.6) is 0 Å². The van der Waals surface area contributed by atoms with Gasteiger partial charge in [-0.1, -0.05) is 36.1 Å². The van der Waals surface area contributed by atoms with E-state index in [-0.39, 0.29) is 4.32 Å². The first-order valence-electron chi connectivity index (χ1n) is 6.53. The highest BCUT2D eigenvalue weighted by atomic mass is 32.2. The maximum Gasteiger partial charge on any atom is 0.337 e. The van der Waals surface area contributed by atoms with Crippen LogP contribution in [0.3, 0.4) is 0 Å². The van der Waals surface area contributed by atoms with E-state index in [2.05, 4.69) is 4.74 Å². The van der Waals surface area contributed by atoms with E-state index in [4.69, 9.17) is 17.3 Å². The van der Waals surface area contributed by atoms with Gasteiger partial charge in [0.25, 0.3) is 5.91 Å². The number of amides is 1. The van der Waals surface area contributed by atoms with Gasteiger partial charge in [-0.05, 0) is 30.7 Å². The number of hydrogen-bond donors (Lipinski definition) is 1. The molecular weight excluding hydrogens is 338 g/mol. The Morgan fingerprint density at radius 1 is 1.35 bits per heavy atom. The summed E-state index contributed by atoms with van der Waals surface area (Å²) in [5, 5.41) is 9.03. The molecule has 1 atom stereocenters. The summed E-state index contributed by atoms with van der Waals surface area (Å²) in [6.07, 6.45) is 1.61. The molecule has 1 aromatic rings. The van der Waals surface area contributed by atoms with Crippen molar-refractivity contribution in [3.8, 4) is 0 Å². The predicted molar refractivity (Wildman–Crippen MR) is 89.9 cm³/mol. The second-order valence-corrected chi connectivity index (χ2v) is 6.36. The lowest BCUT2D eigenvalue weighted by Gasteiger charge is -2.18. The number of thioether (sulfide) groups is 1. The molecule has 1 aliphatic rings. The minimum absolute atomic E-state index is 0.210. The first kappa shape index (κ1) is 17.2. The van der Waals surface area contributed by atoms with Crippen LogP contribution in [0, 0.1) is 0 Å². The summed E-state index contributed by atoms with van der Waals surface area (Å²) in [5.74, 6) is -2.00. The van der Waals surface area contributed by atoms with Crippen LogP contribution in [-0.4, -0.2) is 45.3 Å². The van der Waals surface area contributed by atoms with E-state index in [0.717, 1.165) is 16.7 Å². The van der Waals surface area contributed by atoms with Crippen molar-refractivity contribution in [1.82, 2.24) is 4.90 Å². The molecule has 1 aliphatic heterocycles. The molecule has 120 valence electrons. The number of hydrogen-bond acceptors (Lipinski definition) is 6. The fourth-order valence-corrected chi connectivity index (χ4v) is 3.33. The van der Waals surface area contributed by atoms with Crippen molar-refractivity contribution in [2.45, 2.75) is 13.0 Å². The van der Waals surface area contributed by atoms with Crippen LogP contribution in [0.2, 0.25) is 0 Å². The van der Waals surface area contributed by atoms with E-state index in [1.54, 1.807) is 30.3 Å². The van der Waals surface area contributed by atoms with E-state index in [1.807, 2.05) is 0 Å². The Morgan fingerprint density at radius 2 is 1.96 bits per heavy atom. The molecule has 0 bridgehead atoms. The lowest BCUT2D eigenvalue weighted by molar-refractivity contribution is -0.144. The number of thiocarbonyl (C=S) groups is 1. The van der Waals surface area contributed by atoms with Gasteiger partial charge in [0.1, 0.15) is 10.4 Å². The van der Waals surface area contributed by atoms with Crippen LogP contribution in [0.4, 0.5) is 0 Å². The molecule has 2 rings (SSSR count). The second kappa shape index (κ2) is 6.93. The number of benzene rings is 1. The SMILES string of the molecule is COC(=O)c1ccc(/C=C2\SC(=S)N([C@H](C)C(=O)O)C2=O)cc1. The maximum atomic E-state index is 12.3. The predicted octanol–water partition coefficient (Wildman–Crippen LogP) is 2.15. The first-order chi connectivity index (χ1) is 10.8. The molecule has 1 N–H and O–H groups in total. The summed E-state index contributed by atoms with van der Waals surface area (Å²) in [6.45, 7) is 1.40. The molecule has 1 heterocycles. The van der Waals surface area contributed by atoms with E-state index >= 15 is 0 Å². The molecule has 0 saturated carbocycles. The molecule has 1 fully saturated rings. The van der Waals surface area contributed by atoms with Crippen molar-refractivity contribution in [3.63, 3.8) is 0 Å². The van der Waals surface area contributed by atoms with Crippen molar-refractivity contribution in [2.75, 3.05) is 7.11 Å². The first-order valence-corrected chi connectivity index (χ1v) is 7.76. The summed E-state index contributed by atoms with van der Waals surface area (Å²) < 4.78 is 4.82. The van der Waals surface area contributed by atoms with Gasteiger partial charge in [0.05, 0.1) is 17.6 Å². The van der Waals surface area contributed by atoms with Crippen molar-refractivity contribution >= 4 is 52.2 Å². The van der Waals surface area contributed by atoms with Gasteiger partial charge in [-0.25, -0.2) is 9.59 Å². The molecule has 8 heteroatoms. The molecule has 0 aliphatic carbocycles. The summed E-state index contributed by atoms with van der Waals surface area (Å²) in [5.41, 5.74) is 1.10. The molecule has 1 saturated heterocycles. The van der Waals surface area contributed by atoms with E-state index in [1.165, 1.54) is 14.0 Å². The van der Waals surface area contributed by atoms with E-state index < -0.39 is 23.9 Å². The molecule has 0 spiro atoms. The van der Waals surface area contributed by atoms with Crippen molar-refractivity contribution in [3.05, 3.63) is 40.3 Å². The standard InChI is InChI=1S/C15H13NO5S2/c1-8(13(18)19)16-12(17)11(23-15(16)22)7-9-3-5-10(6-4-9)14(20)21-2/h3-8H,1-2H3,(H,18,19)/b11-7-/t8-/m1/s1. The summed E-state index contributed by atoms with van der Waals surface area (Å²) in [6, 6.07) is 5.48. The van der Waals surface area contributed by atoms with E-state index in [9.17, 15) is 14.4 Å². The van der Waals surface area contributed by atoms with Crippen LogP contribution >= 0.6 is 24.0 Å². The Balaban J connectivity index is 2.24. The van der Waals surface area contributed by atoms with Gasteiger partial charge in [0, 0.05) is 0 Å². The van der Waals surface area contributed by atoms with Gasteiger partial charge in [-0.2, -0.15) is 0 Å². The number of carbonyl (C=O) groups excluding carboxylic acids is 2. The zero-order valence-electron chi connectivity index (χ0n) is 12.3. The summed E-state index contributed by atoms with van der Waals surface area (Å²) in [7, 11) is 1.30. The van der Waals surface area contributed by atoms with Crippen LogP contribution in [0.25, 0.3) is 6.08 Å². The number of carbonyl (C=O) groups is 3. The molecule has 1 aromatic carbocycles. The highest BCUT2D eigenvalue weighted by Crippen LogP contribution is 2.33. The van der Waals surface area contributed by atoms with Gasteiger partial charge < -0.3 is 9.84 Å². The highest BCUT2D eigenvalue weighted by molar-refractivity contribution is 8.26. The lowest BCUT2D eigenvalue weighted by Crippen LogP contribution is -2.41. The highest BCUT2D eigenvalue weighted by Gasteiger charge is 2.38. The Hall–Kier alpha value is -2.19. The number of methoxy groups -OCH3 is 1. The van der Waals surface area contributed by atoms with Gasteiger partial charge >= 0.3 is 11.9 Å². The smallest absolute Gasteiger partial charge is 0.337 e. The summed E-state index contributed by atoms with van der Waals surface area (Å²) >= 11 is 6.13. The Labute approximate surface area is 142 Å². The quantitative estimate of drug-likeness (QED) is 0.505. The van der Waals surface area contributed by atoms with Crippen LogP contribution in [-0.2, 0) is 14.3 Å². The fourth-order valence-electron chi connectivity index (χ4n) is 1.91. The zero-order valence-corrected chi connectivity index (χ0v) is 13.9. The van der Waals surface area contributed by atoms with Crippen molar-refractivity contribution in [2.24, 2.45) is 0 Å². The molecule has 23 heavy (non-hydrogen) atoms. The number of nitrogens with zero attached hydrogens (tertiary/aromatic N) is 1. The van der Waals surface area contributed by atoms with Crippen LogP contribution < -0.4 is 0 Å². The average Bonchev–Trinajstić information content (AvgIpc) is 2.80. The van der Waals surface area contributed by atoms with E-state index in [0.29, 0.717) is 16.0 Å². The summed E-state index contributed by atoms with van der Waals surface area (Å²) in [4.78, 5) is 36.1. The molecule has 0 unspecified atom stereocenters.